The van der Waals surface area contributed by atoms with Crippen LogP contribution in [0.25, 0.3) is 5.57 Å². The van der Waals surface area contributed by atoms with E-state index < -0.39 is 12.1 Å². The zero-order valence-corrected chi connectivity index (χ0v) is 18.5. The van der Waals surface area contributed by atoms with Gasteiger partial charge in [0.15, 0.2) is 11.5 Å². The van der Waals surface area contributed by atoms with Gasteiger partial charge < -0.3 is 29.3 Å². The molecule has 0 heterocycles. The summed E-state index contributed by atoms with van der Waals surface area (Å²) >= 11 is 0. The van der Waals surface area contributed by atoms with Crippen LogP contribution >= 0.6 is 0 Å². The van der Waals surface area contributed by atoms with E-state index in [4.69, 9.17) is 19.3 Å². The van der Waals surface area contributed by atoms with Gasteiger partial charge in [0.25, 0.3) is 0 Å². The van der Waals surface area contributed by atoms with E-state index in [1.807, 2.05) is 18.2 Å². The number of amides is 1. The Morgan fingerprint density at radius 2 is 1.78 bits per heavy atom. The van der Waals surface area contributed by atoms with E-state index in [-0.39, 0.29) is 13.2 Å². The third-order valence-corrected chi connectivity index (χ3v) is 4.82. The van der Waals surface area contributed by atoms with Crippen molar-refractivity contribution in [3.05, 3.63) is 59.7 Å². The summed E-state index contributed by atoms with van der Waals surface area (Å²) < 4.78 is 16.1. The number of carbonyl (C=O) groups is 2. The quantitative estimate of drug-likeness (QED) is 0.362. The van der Waals surface area contributed by atoms with Crippen LogP contribution in [0.15, 0.2) is 48.5 Å². The predicted molar refractivity (Wildman–Crippen MR) is 120 cm³/mol. The lowest BCUT2D eigenvalue weighted by molar-refractivity contribution is -0.131. The Kier molecular flexibility index (Phi) is 9.56. The molecule has 0 aliphatic carbocycles. The highest BCUT2D eigenvalue weighted by atomic mass is 16.5. The number of ether oxygens (including phenoxy) is 3. The summed E-state index contributed by atoms with van der Waals surface area (Å²) in [6.07, 6.45) is 1.57. The number of rotatable bonds is 13. The minimum absolute atomic E-state index is 0.0178. The van der Waals surface area contributed by atoms with Gasteiger partial charge in [0, 0.05) is 19.2 Å². The van der Waals surface area contributed by atoms with Gasteiger partial charge in [-0.3, -0.25) is 4.79 Å². The second-order valence-corrected chi connectivity index (χ2v) is 7.19. The van der Waals surface area contributed by atoms with Crippen molar-refractivity contribution in [2.24, 2.45) is 0 Å². The first-order chi connectivity index (χ1) is 15.4. The highest BCUT2D eigenvalue weighted by molar-refractivity contribution is 5.89. The fraction of sp³-hybridized carbons (Fsp3) is 0.333. The maximum absolute atomic E-state index is 11.4. The molecule has 0 fully saturated rings. The minimum atomic E-state index is -1.00. The molecule has 0 saturated carbocycles. The van der Waals surface area contributed by atoms with Crippen LogP contribution in [0.5, 0.6) is 17.2 Å². The number of allylic oxidation sites excluding steroid dienone is 1. The highest BCUT2D eigenvalue weighted by Gasteiger charge is 2.12. The average Bonchev–Trinajstić information content (AvgIpc) is 2.79. The molecular formula is C24H29NO7. The normalized spacial score (nSPS) is 12.1. The lowest BCUT2D eigenvalue weighted by Gasteiger charge is -2.21. The Morgan fingerprint density at radius 1 is 1.09 bits per heavy atom. The minimum Gasteiger partial charge on any atom is -0.493 e. The Bertz CT molecular complexity index is 924. The van der Waals surface area contributed by atoms with Crippen LogP contribution in [0.3, 0.4) is 0 Å². The van der Waals surface area contributed by atoms with Crippen molar-refractivity contribution in [3.8, 4) is 17.2 Å². The summed E-state index contributed by atoms with van der Waals surface area (Å²) in [5, 5.41) is 19.1. The molecule has 1 atom stereocenters. The largest absolute Gasteiger partial charge is 0.493 e. The van der Waals surface area contributed by atoms with Crippen LogP contribution < -0.4 is 14.2 Å². The van der Waals surface area contributed by atoms with Gasteiger partial charge in [-0.25, -0.2) is 4.79 Å². The maximum atomic E-state index is 11.4. The average molecular weight is 443 g/mol. The van der Waals surface area contributed by atoms with E-state index in [2.05, 4.69) is 0 Å². The molecule has 1 amide bonds. The van der Waals surface area contributed by atoms with Gasteiger partial charge in [-0.2, -0.15) is 0 Å². The van der Waals surface area contributed by atoms with E-state index in [1.54, 1.807) is 45.4 Å². The summed E-state index contributed by atoms with van der Waals surface area (Å²) in [6, 6.07) is 12.5. The molecule has 0 spiro atoms. The van der Waals surface area contributed by atoms with Crippen molar-refractivity contribution >= 4 is 18.0 Å². The number of aliphatic hydroxyl groups excluding tert-OH is 1. The number of aliphatic carboxylic acids is 1. The van der Waals surface area contributed by atoms with E-state index in [0.717, 1.165) is 17.2 Å². The van der Waals surface area contributed by atoms with Crippen LogP contribution in [0.1, 0.15) is 18.1 Å². The first-order valence-corrected chi connectivity index (χ1v) is 10.1. The molecule has 172 valence electrons. The van der Waals surface area contributed by atoms with Crippen LogP contribution in [0.2, 0.25) is 0 Å². The summed E-state index contributed by atoms with van der Waals surface area (Å²) in [4.78, 5) is 23.7. The molecule has 8 nitrogen and oxygen atoms in total. The Hall–Kier alpha value is -3.52. The summed E-state index contributed by atoms with van der Waals surface area (Å²) in [5.41, 5.74) is 2.37. The van der Waals surface area contributed by atoms with Gasteiger partial charge in [-0.15, -0.1) is 0 Å². The van der Waals surface area contributed by atoms with Crippen LogP contribution in [0.4, 0.5) is 0 Å². The summed E-state index contributed by atoms with van der Waals surface area (Å²) in [6.45, 7) is 2.29. The smallest absolute Gasteiger partial charge is 0.328 e. The van der Waals surface area contributed by atoms with E-state index in [0.29, 0.717) is 42.2 Å². The van der Waals surface area contributed by atoms with Crippen LogP contribution in [-0.4, -0.2) is 67.5 Å². The molecule has 32 heavy (non-hydrogen) atoms. The molecule has 2 aromatic carbocycles. The van der Waals surface area contributed by atoms with Gasteiger partial charge in [0.05, 0.1) is 14.2 Å². The van der Waals surface area contributed by atoms with E-state index in [9.17, 15) is 14.7 Å². The Morgan fingerprint density at radius 3 is 2.38 bits per heavy atom. The summed E-state index contributed by atoms with van der Waals surface area (Å²) in [5.74, 6) is 0.795. The highest BCUT2D eigenvalue weighted by Crippen LogP contribution is 2.27. The third kappa shape index (κ3) is 7.63. The second-order valence-electron chi connectivity index (χ2n) is 7.19. The number of benzene rings is 2. The standard InChI is InChI=1S/C24H29NO7/c1-17(12-24(28)29)19-5-7-21(8-6-19)32-15-20(27)14-25(16-26)11-10-18-4-9-22(30-2)23(13-18)31-3/h4-9,12-13,16,20,27H,10-11,14-15H2,1-3H3,(H,28,29). The number of aliphatic hydroxyl groups is 1. The number of carboxylic acid groups (broad SMARTS) is 1. The number of carboxylic acids is 1. The monoisotopic (exact) mass is 443 g/mol. The zero-order chi connectivity index (χ0) is 23.5. The molecular weight excluding hydrogens is 414 g/mol. The summed E-state index contributed by atoms with van der Waals surface area (Å²) in [7, 11) is 3.14. The van der Waals surface area contributed by atoms with Crippen molar-refractivity contribution in [2.75, 3.05) is 33.9 Å². The molecule has 0 aliphatic heterocycles. The molecule has 1 unspecified atom stereocenters. The Labute approximate surface area is 187 Å². The fourth-order valence-electron chi connectivity index (χ4n) is 3.09. The topological polar surface area (TPSA) is 106 Å². The molecule has 2 aromatic rings. The number of hydrogen-bond acceptors (Lipinski definition) is 6. The van der Waals surface area contributed by atoms with Crippen molar-refractivity contribution < 1.29 is 34.0 Å². The van der Waals surface area contributed by atoms with Gasteiger partial charge in [-0.05, 0) is 54.3 Å². The van der Waals surface area contributed by atoms with Gasteiger partial charge in [0.1, 0.15) is 18.5 Å². The lowest BCUT2D eigenvalue weighted by Crippen LogP contribution is -2.36. The van der Waals surface area contributed by atoms with Gasteiger partial charge in [-0.1, -0.05) is 18.2 Å². The first kappa shape index (κ1) is 24.7. The molecule has 2 rings (SSSR count). The van der Waals surface area contributed by atoms with Gasteiger partial charge >= 0.3 is 5.97 Å². The van der Waals surface area contributed by atoms with Crippen molar-refractivity contribution in [1.29, 1.82) is 0 Å². The number of hydrogen-bond donors (Lipinski definition) is 2. The number of nitrogens with zero attached hydrogens (tertiary/aromatic N) is 1. The SMILES string of the molecule is COc1ccc(CCN(C=O)CC(O)COc2ccc(C(C)=CC(=O)O)cc2)cc1OC. The number of methoxy groups -OCH3 is 2. The zero-order valence-electron chi connectivity index (χ0n) is 18.5. The van der Waals surface area contributed by atoms with Crippen molar-refractivity contribution in [2.45, 2.75) is 19.4 Å². The van der Waals surface area contributed by atoms with Crippen molar-refractivity contribution in [1.82, 2.24) is 4.90 Å². The molecule has 0 aromatic heterocycles. The molecule has 8 heteroatoms. The second kappa shape index (κ2) is 12.4. The predicted octanol–water partition coefficient (Wildman–Crippen LogP) is 2.63. The Balaban J connectivity index is 1.84. The van der Waals surface area contributed by atoms with Crippen molar-refractivity contribution in [3.63, 3.8) is 0 Å². The van der Waals surface area contributed by atoms with E-state index in [1.165, 1.54) is 4.90 Å². The first-order valence-electron chi connectivity index (χ1n) is 10.1. The third-order valence-electron chi connectivity index (χ3n) is 4.82. The molecule has 2 N–H and O–H groups in total. The maximum Gasteiger partial charge on any atom is 0.328 e. The van der Waals surface area contributed by atoms with E-state index >= 15 is 0 Å². The van der Waals surface area contributed by atoms with Gasteiger partial charge in [0.2, 0.25) is 6.41 Å². The molecule has 0 saturated heterocycles. The van der Waals surface area contributed by atoms with Crippen LogP contribution in [-0.2, 0) is 16.0 Å². The molecule has 0 radical (unpaired) electrons. The fourth-order valence-corrected chi connectivity index (χ4v) is 3.09. The molecule has 0 bridgehead atoms. The number of carbonyl (C=O) groups excluding carboxylic acids is 1. The van der Waals surface area contributed by atoms with Crippen LogP contribution in [0, 0.1) is 0 Å². The lowest BCUT2D eigenvalue weighted by atomic mass is 10.1. The molecule has 0 aliphatic rings.